The lowest BCUT2D eigenvalue weighted by atomic mass is 10.1. The van der Waals surface area contributed by atoms with Crippen molar-refractivity contribution in [2.45, 2.75) is 51.4 Å². The minimum atomic E-state index is -4.68. The fraction of sp³-hybridized carbons (Fsp3) is 0.562. The van der Waals surface area contributed by atoms with E-state index in [9.17, 15) is 18.0 Å². The predicted molar refractivity (Wildman–Crippen MR) is 76.4 cm³/mol. The molecule has 1 N–H and O–H groups in total. The second-order valence-corrected chi connectivity index (χ2v) is 5.65. The van der Waals surface area contributed by atoms with E-state index in [-0.39, 0.29) is 11.7 Å². The van der Waals surface area contributed by atoms with E-state index in [0.717, 1.165) is 24.8 Å². The lowest BCUT2D eigenvalue weighted by molar-refractivity contribution is -0.274. The monoisotopic (exact) mass is 315 g/mol. The summed E-state index contributed by atoms with van der Waals surface area (Å²) >= 11 is 0. The lowest BCUT2D eigenvalue weighted by Gasteiger charge is -2.09. The van der Waals surface area contributed by atoms with Gasteiger partial charge in [0.25, 0.3) is 0 Å². The second kappa shape index (κ2) is 7.03. The number of alkyl halides is 3. The number of nitrogens with one attached hydrogen (secondary N) is 1. The molecule has 0 saturated heterocycles. The van der Waals surface area contributed by atoms with Crippen LogP contribution in [0.25, 0.3) is 0 Å². The number of carbonyl (C=O) groups excluding carboxylic acids is 1. The van der Waals surface area contributed by atoms with Crippen molar-refractivity contribution in [2.24, 2.45) is 5.92 Å². The van der Waals surface area contributed by atoms with Crippen LogP contribution in [0.1, 0.15) is 38.2 Å². The van der Waals surface area contributed by atoms with Crippen LogP contribution < -0.4 is 10.1 Å². The minimum absolute atomic E-state index is 0.000721. The van der Waals surface area contributed by atoms with Crippen molar-refractivity contribution in [3.8, 4) is 5.75 Å². The highest BCUT2D eigenvalue weighted by atomic mass is 19.4. The Morgan fingerprint density at radius 3 is 2.59 bits per heavy atom. The Bertz CT molecular complexity index is 499. The maximum Gasteiger partial charge on any atom is 0.573 e. The third kappa shape index (κ3) is 5.58. The van der Waals surface area contributed by atoms with Crippen molar-refractivity contribution in [2.75, 3.05) is 0 Å². The molecule has 2 rings (SSSR count). The van der Waals surface area contributed by atoms with E-state index in [1.54, 1.807) is 12.1 Å². The Morgan fingerprint density at radius 1 is 1.32 bits per heavy atom. The molecule has 1 aromatic carbocycles. The maximum absolute atomic E-state index is 12.0. The summed E-state index contributed by atoms with van der Waals surface area (Å²) in [5.74, 6) is 0.369. The summed E-state index contributed by atoms with van der Waals surface area (Å²) in [6, 6.07) is 5.93. The first-order valence-corrected chi connectivity index (χ1v) is 7.51. The summed E-state index contributed by atoms with van der Waals surface area (Å²) in [6.07, 6.45) is -0.503. The summed E-state index contributed by atoms with van der Waals surface area (Å²) in [6.45, 7) is 2.13. The zero-order valence-corrected chi connectivity index (χ0v) is 12.5. The van der Waals surface area contributed by atoms with E-state index < -0.39 is 6.36 Å². The van der Waals surface area contributed by atoms with Gasteiger partial charge in [0, 0.05) is 12.5 Å². The predicted octanol–water partition coefficient (Wildman–Crippen LogP) is 3.82. The van der Waals surface area contributed by atoms with Crippen molar-refractivity contribution in [1.29, 1.82) is 0 Å². The zero-order valence-electron chi connectivity index (χ0n) is 12.5. The number of benzene rings is 1. The van der Waals surface area contributed by atoms with Crippen molar-refractivity contribution in [1.82, 2.24) is 5.32 Å². The van der Waals surface area contributed by atoms with Crippen LogP contribution >= 0.6 is 0 Å². The van der Waals surface area contributed by atoms with Gasteiger partial charge in [0.2, 0.25) is 5.91 Å². The smallest absolute Gasteiger partial charge is 0.406 e. The van der Waals surface area contributed by atoms with Crippen molar-refractivity contribution < 1.29 is 22.7 Å². The Morgan fingerprint density at radius 2 is 2.00 bits per heavy atom. The van der Waals surface area contributed by atoms with Gasteiger partial charge in [0.15, 0.2) is 0 Å². The molecule has 0 radical (unpaired) electrons. The van der Waals surface area contributed by atoms with E-state index in [1.165, 1.54) is 12.1 Å². The maximum atomic E-state index is 12.0. The van der Waals surface area contributed by atoms with Gasteiger partial charge in [-0.2, -0.15) is 0 Å². The van der Waals surface area contributed by atoms with Crippen LogP contribution in [-0.4, -0.2) is 18.3 Å². The molecule has 3 nitrogen and oxygen atoms in total. The Hall–Kier alpha value is -1.72. The van der Waals surface area contributed by atoms with Gasteiger partial charge >= 0.3 is 6.36 Å². The third-order valence-corrected chi connectivity index (χ3v) is 3.73. The fourth-order valence-corrected chi connectivity index (χ4v) is 2.51. The molecule has 0 unspecified atom stereocenters. The Balaban J connectivity index is 1.71. The molecule has 1 aromatic rings. The fourth-order valence-electron chi connectivity index (χ4n) is 2.51. The third-order valence-electron chi connectivity index (χ3n) is 3.73. The standard InChI is InChI=1S/C16H20F3NO2/c1-2-3-12-10-14(12)20-15(21)9-6-11-4-7-13(8-5-11)22-16(17,18)19/h4-5,7-8,12,14H,2-3,6,9-10H2,1H3,(H,20,21)/t12-,14-/m1/s1. The van der Waals surface area contributed by atoms with Gasteiger partial charge in [-0.1, -0.05) is 25.5 Å². The normalized spacial score (nSPS) is 20.5. The zero-order chi connectivity index (χ0) is 16.2. The molecule has 2 atom stereocenters. The molecule has 1 aliphatic rings. The number of amides is 1. The SMILES string of the molecule is CCC[C@@H]1C[C@H]1NC(=O)CCc1ccc(OC(F)(F)F)cc1. The number of aryl methyl sites for hydroxylation is 1. The van der Waals surface area contributed by atoms with Crippen molar-refractivity contribution in [3.05, 3.63) is 29.8 Å². The first-order chi connectivity index (χ1) is 10.4. The van der Waals surface area contributed by atoms with Crippen LogP contribution in [0.5, 0.6) is 5.75 Å². The highest BCUT2D eigenvalue weighted by Gasteiger charge is 2.36. The van der Waals surface area contributed by atoms with E-state index >= 15 is 0 Å². The molecule has 0 aliphatic heterocycles. The van der Waals surface area contributed by atoms with Gasteiger partial charge in [-0.25, -0.2) is 0 Å². The number of hydrogen-bond donors (Lipinski definition) is 1. The lowest BCUT2D eigenvalue weighted by Crippen LogP contribution is -2.27. The molecule has 0 heterocycles. The van der Waals surface area contributed by atoms with Gasteiger partial charge in [0.1, 0.15) is 5.75 Å². The summed E-state index contributed by atoms with van der Waals surface area (Å²) in [4.78, 5) is 11.8. The molecule has 0 aromatic heterocycles. The van der Waals surface area contributed by atoms with E-state index in [0.29, 0.717) is 24.8 Å². The Kier molecular flexibility index (Phi) is 5.32. The quantitative estimate of drug-likeness (QED) is 0.830. The van der Waals surface area contributed by atoms with Gasteiger partial charge in [-0.05, 0) is 42.9 Å². The first kappa shape index (κ1) is 16.6. The summed E-state index contributed by atoms with van der Waals surface area (Å²) in [5.41, 5.74) is 0.811. The molecule has 0 bridgehead atoms. The molecule has 1 aliphatic carbocycles. The number of hydrogen-bond acceptors (Lipinski definition) is 2. The molecule has 0 spiro atoms. The largest absolute Gasteiger partial charge is 0.573 e. The summed E-state index contributed by atoms with van der Waals surface area (Å²) in [5, 5.41) is 2.99. The van der Waals surface area contributed by atoms with E-state index in [1.807, 2.05) is 0 Å². The van der Waals surface area contributed by atoms with Crippen LogP contribution in [0.3, 0.4) is 0 Å². The molecule has 22 heavy (non-hydrogen) atoms. The number of halogens is 3. The van der Waals surface area contributed by atoms with E-state index in [4.69, 9.17) is 0 Å². The van der Waals surface area contributed by atoms with Crippen LogP contribution in [0.2, 0.25) is 0 Å². The molecule has 1 amide bonds. The van der Waals surface area contributed by atoms with E-state index in [2.05, 4.69) is 17.0 Å². The molecule has 1 saturated carbocycles. The summed E-state index contributed by atoms with van der Waals surface area (Å²) < 4.78 is 39.9. The molecule has 6 heteroatoms. The average Bonchev–Trinajstić information content (AvgIpc) is 3.14. The molecular formula is C16H20F3NO2. The molecule has 1 fully saturated rings. The van der Waals surface area contributed by atoms with Crippen LogP contribution in [0.15, 0.2) is 24.3 Å². The number of carbonyl (C=O) groups is 1. The molecule has 122 valence electrons. The second-order valence-electron chi connectivity index (χ2n) is 5.65. The van der Waals surface area contributed by atoms with Gasteiger partial charge < -0.3 is 10.1 Å². The van der Waals surface area contributed by atoms with Gasteiger partial charge in [0.05, 0.1) is 0 Å². The highest BCUT2D eigenvalue weighted by Crippen LogP contribution is 2.34. The first-order valence-electron chi connectivity index (χ1n) is 7.51. The summed E-state index contributed by atoms with van der Waals surface area (Å²) in [7, 11) is 0. The topological polar surface area (TPSA) is 38.3 Å². The highest BCUT2D eigenvalue weighted by molar-refractivity contribution is 5.76. The van der Waals surface area contributed by atoms with Crippen LogP contribution in [-0.2, 0) is 11.2 Å². The number of ether oxygens (including phenoxy) is 1. The van der Waals surface area contributed by atoms with Crippen LogP contribution in [0, 0.1) is 5.92 Å². The average molecular weight is 315 g/mol. The molecular weight excluding hydrogens is 295 g/mol. The van der Waals surface area contributed by atoms with Gasteiger partial charge in [-0.3, -0.25) is 4.79 Å². The van der Waals surface area contributed by atoms with Gasteiger partial charge in [-0.15, -0.1) is 13.2 Å². The minimum Gasteiger partial charge on any atom is -0.406 e. The van der Waals surface area contributed by atoms with Crippen molar-refractivity contribution >= 4 is 5.91 Å². The Labute approximate surface area is 127 Å². The number of rotatable bonds is 7. The van der Waals surface area contributed by atoms with Crippen LogP contribution in [0.4, 0.5) is 13.2 Å². The van der Waals surface area contributed by atoms with Crippen molar-refractivity contribution in [3.63, 3.8) is 0 Å².